The summed E-state index contributed by atoms with van der Waals surface area (Å²) in [5.74, 6) is -0.939. The SMILES string of the molecule is COC(=O)CC(c1ccccc1)N1C(=O)C2C3CC(C4OC34)C2C1=O. The van der Waals surface area contributed by atoms with Gasteiger partial charge in [0, 0.05) is 11.8 Å². The second-order valence-corrected chi connectivity index (χ2v) is 7.43. The number of methoxy groups -OCH3 is 1. The van der Waals surface area contributed by atoms with E-state index in [2.05, 4.69) is 0 Å². The second kappa shape index (κ2) is 5.14. The standard InChI is InChI=1S/C19H19NO5/c1-24-13(21)8-12(9-5-3-2-4-6-9)20-18(22)14-10-7-11(15(14)19(20)23)17-16(10)25-17/h2-6,10-12,14-17H,7-8H2,1H3. The van der Waals surface area contributed by atoms with Crippen LogP contribution in [0.2, 0.25) is 0 Å². The number of fused-ring (bicyclic) bond motifs is 8. The van der Waals surface area contributed by atoms with Gasteiger partial charge in [0.2, 0.25) is 11.8 Å². The predicted octanol–water partition coefficient (Wildman–Crippen LogP) is 1.31. The first kappa shape index (κ1) is 15.1. The monoisotopic (exact) mass is 341 g/mol. The molecule has 2 aliphatic carbocycles. The Morgan fingerprint density at radius 1 is 1.16 bits per heavy atom. The molecule has 2 saturated carbocycles. The summed E-state index contributed by atoms with van der Waals surface area (Å²) in [7, 11) is 1.32. The zero-order valence-electron chi connectivity index (χ0n) is 13.8. The van der Waals surface area contributed by atoms with Crippen LogP contribution in [0.4, 0.5) is 0 Å². The average Bonchev–Trinajstić information content (AvgIpc) is 3.15. The molecule has 1 aromatic carbocycles. The van der Waals surface area contributed by atoms with Crippen LogP contribution >= 0.6 is 0 Å². The highest BCUT2D eigenvalue weighted by molar-refractivity contribution is 6.07. The Hall–Kier alpha value is -2.21. The summed E-state index contributed by atoms with van der Waals surface area (Å²) >= 11 is 0. The molecule has 2 heterocycles. The number of carbonyl (C=O) groups is 3. The predicted molar refractivity (Wildman–Crippen MR) is 84.9 cm³/mol. The molecule has 0 N–H and O–H groups in total. The zero-order valence-corrected chi connectivity index (χ0v) is 13.8. The number of imide groups is 1. The molecule has 4 aliphatic rings. The van der Waals surface area contributed by atoms with E-state index in [1.165, 1.54) is 12.0 Å². The zero-order chi connectivity index (χ0) is 17.3. The van der Waals surface area contributed by atoms with Crippen molar-refractivity contribution in [2.75, 3.05) is 7.11 Å². The molecular weight excluding hydrogens is 322 g/mol. The molecule has 6 heteroatoms. The fourth-order valence-corrected chi connectivity index (χ4v) is 5.33. The van der Waals surface area contributed by atoms with Gasteiger partial charge in [-0.15, -0.1) is 0 Å². The molecule has 2 bridgehead atoms. The number of amides is 2. The fraction of sp³-hybridized carbons (Fsp3) is 0.526. The van der Waals surface area contributed by atoms with Crippen LogP contribution in [-0.4, -0.2) is 42.0 Å². The van der Waals surface area contributed by atoms with E-state index in [0.29, 0.717) is 0 Å². The minimum atomic E-state index is -0.601. The highest BCUT2D eigenvalue weighted by Crippen LogP contribution is 2.64. The first-order valence-electron chi connectivity index (χ1n) is 8.76. The van der Waals surface area contributed by atoms with Crippen molar-refractivity contribution in [3.05, 3.63) is 35.9 Å². The van der Waals surface area contributed by atoms with Crippen LogP contribution in [-0.2, 0) is 23.9 Å². The summed E-state index contributed by atoms with van der Waals surface area (Å²) in [6, 6.07) is 8.65. The summed E-state index contributed by atoms with van der Waals surface area (Å²) in [5, 5.41) is 0. The van der Waals surface area contributed by atoms with Crippen molar-refractivity contribution >= 4 is 17.8 Å². The largest absolute Gasteiger partial charge is 0.469 e. The van der Waals surface area contributed by atoms with E-state index in [4.69, 9.17) is 9.47 Å². The van der Waals surface area contributed by atoms with Gasteiger partial charge in [-0.3, -0.25) is 19.3 Å². The summed E-state index contributed by atoms with van der Waals surface area (Å²) in [6.45, 7) is 0. The molecule has 2 aliphatic heterocycles. The van der Waals surface area contributed by atoms with Gasteiger partial charge in [-0.25, -0.2) is 0 Å². The number of rotatable bonds is 4. The lowest BCUT2D eigenvalue weighted by atomic mass is 9.81. The molecule has 0 radical (unpaired) electrons. The summed E-state index contributed by atoms with van der Waals surface area (Å²) in [4.78, 5) is 39.5. The van der Waals surface area contributed by atoms with Gasteiger partial charge in [0.1, 0.15) is 0 Å². The van der Waals surface area contributed by atoms with Crippen LogP contribution < -0.4 is 0 Å². The number of esters is 1. The summed E-state index contributed by atoms with van der Waals surface area (Å²) < 4.78 is 10.4. The highest BCUT2D eigenvalue weighted by atomic mass is 16.6. The number of hydrogen-bond donors (Lipinski definition) is 0. The highest BCUT2D eigenvalue weighted by Gasteiger charge is 2.74. The maximum atomic E-state index is 13.1. The van der Waals surface area contributed by atoms with Gasteiger partial charge < -0.3 is 9.47 Å². The van der Waals surface area contributed by atoms with Gasteiger partial charge in [0.15, 0.2) is 0 Å². The Morgan fingerprint density at radius 3 is 2.32 bits per heavy atom. The van der Waals surface area contributed by atoms with Crippen molar-refractivity contribution in [2.45, 2.75) is 31.1 Å². The molecule has 7 atom stereocenters. The quantitative estimate of drug-likeness (QED) is 0.469. The van der Waals surface area contributed by atoms with Gasteiger partial charge in [0.25, 0.3) is 0 Å². The van der Waals surface area contributed by atoms with Crippen LogP contribution in [0.3, 0.4) is 0 Å². The molecule has 4 fully saturated rings. The Labute approximate surface area is 145 Å². The normalized spacial score (nSPS) is 38.5. The minimum Gasteiger partial charge on any atom is -0.469 e. The van der Waals surface area contributed by atoms with Gasteiger partial charge in [-0.05, 0) is 12.0 Å². The topological polar surface area (TPSA) is 76.2 Å². The van der Waals surface area contributed by atoms with Crippen LogP contribution in [0.1, 0.15) is 24.4 Å². The first-order chi connectivity index (χ1) is 12.1. The first-order valence-corrected chi connectivity index (χ1v) is 8.76. The van der Waals surface area contributed by atoms with Crippen LogP contribution in [0.25, 0.3) is 0 Å². The van der Waals surface area contributed by atoms with E-state index in [9.17, 15) is 14.4 Å². The van der Waals surface area contributed by atoms with Crippen molar-refractivity contribution in [3.8, 4) is 0 Å². The fourth-order valence-electron chi connectivity index (χ4n) is 5.33. The van der Waals surface area contributed by atoms with E-state index < -0.39 is 12.0 Å². The van der Waals surface area contributed by atoms with Crippen LogP contribution in [0.5, 0.6) is 0 Å². The molecule has 25 heavy (non-hydrogen) atoms. The van der Waals surface area contributed by atoms with E-state index >= 15 is 0 Å². The van der Waals surface area contributed by atoms with Gasteiger partial charge in [0.05, 0.1) is 43.6 Å². The Morgan fingerprint density at radius 2 is 1.76 bits per heavy atom. The number of nitrogens with zero attached hydrogens (tertiary/aromatic N) is 1. The second-order valence-electron chi connectivity index (χ2n) is 7.43. The van der Waals surface area contributed by atoms with Crippen molar-refractivity contribution in [2.24, 2.45) is 23.7 Å². The molecule has 130 valence electrons. The Balaban J connectivity index is 1.50. The number of ether oxygens (including phenoxy) is 2. The number of hydrogen-bond acceptors (Lipinski definition) is 5. The molecule has 6 nitrogen and oxygen atoms in total. The molecule has 1 aromatic rings. The molecule has 0 spiro atoms. The minimum absolute atomic E-state index is 0.0177. The number of benzene rings is 1. The number of epoxide rings is 1. The van der Waals surface area contributed by atoms with Gasteiger partial charge >= 0.3 is 5.97 Å². The van der Waals surface area contributed by atoms with Crippen molar-refractivity contribution in [1.82, 2.24) is 4.90 Å². The Kier molecular flexibility index (Phi) is 3.10. The third-order valence-electron chi connectivity index (χ3n) is 6.39. The van der Waals surface area contributed by atoms with Gasteiger partial charge in [-0.1, -0.05) is 30.3 Å². The van der Waals surface area contributed by atoms with E-state index in [0.717, 1.165) is 12.0 Å². The van der Waals surface area contributed by atoms with E-state index in [1.54, 1.807) is 0 Å². The summed E-state index contributed by atoms with van der Waals surface area (Å²) in [5.41, 5.74) is 0.781. The van der Waals surface area contributed by atoms with Crippen molar-refractivity contribution in [1.29, 1.82) is 0 Å². The van der Waals surface area contributed by atoms with Crippen LogP contribution in [0, 0.1) is 23.7 Å². The lowest BCUT2D eigenvalue weighted by molar-refractivity contribution is -0.148. The third kappa shape index (κ3) is 1.97. The van der Waals surface area contributed by atoms with Crippen LogP contribution in [0.15, 0.2) is 30.3 Å². The van der Waals surface area contributed by atoms with Gasteiger partial charge in [-0.2, -0.15) is 0 Å². The smallest absolute Gasteiger partial charge is 0.307 e. The summed E-state index contributed by atoms with van der Waals surface area (Å²) in [6.07, 6.45) is 1.23. The molecule has 7 unspecified atom stereocenters. The number of likely N-dealkylation sites (tertiary alicyclic amines) is 1. The maximum absolute atomic E-state index is 13.1. The van der Waals surface area contributed by atoms with E-state index in [-0.39, 0.29) is 54.1 Å². The average molecular weight is 341 g/mol. The maximum Gasteiger partial charge on any atom is 0.307 e. The van der Waals surface area contributed by atoms with E-state index in [1.807, 2.05) is 30.3 Å². The third-order valence-corrected chi connectivity index (χ3v) is 6.39. The molecular formula is C19H19NO5. The lowest BCUT2D eigenvalue weighted by Crippen LogP contribution is -2.38. The molecule has 2 amide bonds. The van der Waals surface area contributed by atoms with Crippen molar-refractivity contribution < 1.29 is 23.9 Å². The molecule has 0 aromatic heterocycles. The molecule has 2 saturated heterocycles. The van der Waals surface area contributed by atoms with Crippen molar-refractivity contribution in [3.63, 3.8) is 0 Å². The molecule has 5 rings (SSSR count). The Bertz CT molecular complexity index is 730. The number of carbonyl (C=O) groups excluding carboxylic acids is 3. The lowest BCUT2D eigenvalue weighted by Gasteiger charge is -2.27.